The molecule has 19 heavy (non-hydrogen) atoms. The molecular formula is C13H22N2O3S. The number of nitrogens with one attached hydrogen (secondary N) is 1. The van der Waals surface area contributed by atoms with Gasteiger partial charge < -0.3 is 10.5 Å². The van der Waals surface area contributed by atoms with Gasteiger partial charge in [-0.05, 0) is 18.6 Å². The summed E-state index contributed by atoms with van der Waals surface area (Å²) in [4.78, 5) is 0.101. The van der Waals surface area contributed by atoms with E-state index in [4.69, 9.17) is 10.5 Å². The lowest BCUT2D eigenvalue weighted by Crippen LogP contribution is -2.25. The molecule has 0 aliphatic heterocycles. The minimum atomic E-state index is -3.53. The van der Waals surface area contributed by atoms with Crippen molar-refractivity contribution in [2.45, 2.75) is 37.5 Å². The SMILES string of the molecule is CCCCCCNS(=O)(=O)c1ccc(OC)cc1N. The average molecular weight is 286 g/mol. The number of hydrogen-bond acceptors (Lipinski definition) is 4. The highest BCUT2D eigenvalue weighted by Crippen LogP contribution is 2.23. The third-order valence-electron chi connectivity index (χ3n) is 2.83. The standard InChI is InChI=1S/C13H22N2O3S/c1-3-4-5-6-9-15-19(16,17)13-8-7-11(18-2)10-12(13)14/h7-8,10,15H,3-6,9,14H2,1-2H3. The van der Waals surface area contributed by atoms with Crippen molar-refractivity contribution in [2.24, 2.45) is 0 Å². The first-order valence-corrected chi connectivity index (χ1v) is 7.92. The number of unbranched alkanes of at least 4 members (excludes halogenated alkanes) is 3. The predicted molar refractivity (Wildman–Crippen MR) is 76.7 cm³/mol. The molecule has 3 N–H and O–H groups in total. The molecule has 0 atom stereocenters. The number of methoxy groups -OCH3 is 1. The van der Waals surface area contributed by atoms with E-state index in [9.17, 15) is 8.42 Å². The summed E-state index contributed by atoms with van der Waals surface area (Å²) in [5, 5.41) is 0. The first-order valence-electron chi connectivity index (χ1n) is 6.44. The fourth-order valence-corrected chi connectivity index (χ4v) is 2.92. The van der Waals surface area contributed by atoms with Gasteiger partial charge in [-0.1, -0.05) is 26.2 Å². The molecule has 0 amide bonds. The maximum Gasteiger partial charge on any atom is 0.242 e. The van der Waals surface area contributed by atoms with Gasteiger partial charge >= 0.3 is 0 Å². The quantitative estimate of drug-likeness (QED) is 0.566. The largest absolute Gasteiger partial charge is 0.497 e. The van der Waals surface area contributed by atoms with Gasteiger partial charge in [0.25, 0.3) is 0 Å². The number of anilines is 1. The Kier molecular flexibility index (Phi) is 6.11. The highest BCUT2D eigenvalue weighted by Gasteiger charge is 2.17. The van der Waals surface area contributed by atoms with Crippen LogP contribution in [0.15, 0.2) is 23.1 Å². The Bertz CT molecular complexity index is 501. The Hall–Kier alpha value is -1.27. The summed E-state index contributed by atoms with van der Waals surface area (Å²) in [7, 11) is -2.02. The summed E-state index contributed by atoms with van der Waals surface area (Å²) in [6.07, 6.45) is 4.10. The Labute approximate surface area is 115 Å². The zero-order valence-corrected chi connectivity index (χ0v) is 12.3. The molecular weight excluding hydrogens is 264 g/mol. The van der Waals surface area contributed by atoms with Crippen LogP contribution in [0.5, 0.6) is 5.75 Å². The van der Waals surface area contributed by atoms with E-state index in [0.29, 0.717) is 12.3 Å². The van der Waals surface area contributed by atoms with Crippen molar-refractivity contribution in [3.8, 4) is 5.75 Å². The van der Waals surface area contributed by atoms with Crippen molar-refractivity contribution in [1.29, 1.82) is 0 Å². The van der Waals surface area contributed by atoms with E-state index < -0.39 is 10.0 Å². The Balaban J connectivity index is 2.67. The third kappa shape index (κ3) is 4.72. The molecule has 1 aromatic carbocycles. The summed E-state index contributed by atoms with van der Waals surface area (Å²) < 4.78 is 31.7. The third-order valence-corrected chi connectivity index (χ3v) is 4.36. The molecule has 0 saturated carbocycles. The van der Waals surface area contributed by atoms with Gasteiger partial charge in [0.2, 0.25) is 10.0 Å². The molecule has 108 valence electrons. The van der Waals surface area contributed by atoms with Crippen molar-refractivity contribution in [3.63, 3.8) is 0 Å². The Morgan fingerprint density at radius 2 is 2.00 bits per heavy atom. The molecule has 0 unspecified atom stereocenters. The molecule has 1 aromatic rings. The van der Waals surface area contributed by atoms with E-state index in [1.165, 1.54) is 19.2 Å². The van der Waals surface area contributed by atoms with Gasteiger partial charge in [-0.3, -0.25) is 0 Å². The number of sulfonamides is 1. The summed E-state index contributed by atoms with van der Waals surface area (Å²) in [6.45, 7) is 2.55. The van der Waals surface area contributed by atoms with Gasteiger partial charge in [0.15, 0.2) is 0 Å². The lowest BCUT2D eigenvalue weighted by atomic mass is 10.2. The molecule has 0 fully saturated rings. The van der Waals surface area contributed by atoms with Gasteiger partial charge in [-0.25, -0.2) is 13.1 Å². The zero-order valence-electron chi connectivity index (χ0n) is 11.5. The van der Waals surface area contributed by atoms with Crippen molar-refractivity contribution in [2.75, 3.05) is 19.4 Å². The van der Waals surface area contributed by atoms with Crippen molar-refractivity contribution in [3.05, 3.63) is 18.2 Å². The smallest absolute Gasteiger partial charge is 0.242 e. The van der Waals surface area contributed by atoms with E-state index in [0.717, 1.165) is 25.7 Å². The predicted octanol–water partition coefficient (Wildman–Crippen LogP) is 2.14. The maximum atomic E-state index is 12.1. The molecule has 0 spiro atoms. The van der Waals surface area contributed by atoms with Crippen LogP contribution < -0.4 is 15.2 Å². The van der Waals surface area contributed by atoms with Crippen LogP contribution in [0.4, 0.5) is 5.69 Å². The van der Waals surface area contributed by atoms with Gasteiger partial charge in [0, 0.05) is 12.6 Å². The molecule has 0 aromatic heterocycles. The number of hydrogen-bond donors (Lipinski definition) is 2. The average Bonchev–Trinajstić information content (AvgIpc) is 2.37. The summed E-state index contributed by atoms with van der Waals surface area (Å²) >= 11 is 0. The van der Waals surface area contributed by atoms with Crippen molar-refractivity contribution >= 4 is 15.7 Å². The number of rotatable bonds is 8. The van der Waals surface area contributed by atoms with Crippen LogP contribution in [0.25, 0.3) is 0 Å². The Morgan fingerprint density at radius 3 is 2.58 bits per heavy atom. The second-order valence-electron chi connectivity index (χ2n) is 4.36. The van der Waals surface area contributed by atoms with Crippen LogP contribution in [0.3, 0.4) is 0 Å². The van der Waals surface area contributed by atoms with E-state index in [1.54, 1.807) is 6.07 Å². The molecule has 0 heterocycles. The fraction of sp³-hybridized carbons (Fsp3) is 0.538. The van der Waals surface area contributed by atoms with E-state index in [1.807, 2.05) is 0 Å². The van der Waals surface area contributed by atoms with E-state index >= 15 is 0 Å². The van der Waals surface area contributed by atoms with Gasteiger partial charge in [-0.2, -0.15) is 0 Å². The minimum Gasteiger partial charge on any atom is -0.497 e. The van der Waals surface area contributed by atoms with Crippen LogP contribution in [0.2, 0.25) is 0 Å². The monoisotopic (exact) mass is 286 g/mol. The molecule has 0 aliphatic rings. The maximum absolute atomic E-state index is 12.1. The first-order chi connectivity index (χ1) is 9.01. The van der Waals surface area contributed by atoms with Crippen LogP contribution in [0.1, 0.15) is 32.6 Å². The highest BCUT2D eigenvalue weighted by atomic mass is 32.2. The minimum absolute atomic E-state index is 0.101. The lowest BCUT2D eigenvalue weighted by Gasteiger charge is -2.10. The first kappa shape index (κ1) is 15.8. The van der Waals surface area contributed by atoms with Gasteiger partial charge in [0.05, 0.1) is 12.8 Å². The van der Waals surface area contributed by atoms with Crippen LogP contribution in [-0.4, -0.2) is 22.1 Å². The zero-order chi connectivity index (χ0) is 14.3. The lowest BCUT2D eigenvalue weighted by molar-refractivity contribution is 0.414. The topological polar surface area (TPSA) is 81.4 Å². The van der Waals surface area contributed by atoms with Gasteiger partial charge in [-0.15, -0.1) is 0 Å². The van der Waals surface area contributed by atoms with E-state index in [-0.39, 0.29) is 10.6 Å². The molecule has 6 heteroatoms. The second-order valence-corrected chi connectivity index (χ2v) is 6.10. The fourth-order valence-electron chi connectivity index (χ4n) is 1.73. The molecule has 5 nitrogen and oxygen atoms in total. The van der Waals surface area contributed by atoms with Crippen molar-refractivity contribution < 1.29 is 13.2 Å². The van der Waals surface area contributed by atoms with Crippen LogP contribution in [0, 0.1) is 0 Å². The molecule has 0 saturated heterocycles. The number of benzene rings is 1. The second kappa shape index (κ2) is 7.35. The van der Waals surface area contributed by atoms with Gasteiger partial charge in [0.1, 0.15) is 10.6 Å². The van der Waals surface area contributed by atoms with Crippen LogP contribution >= 0.6 is 0 Å². The summed E-state index contributed by atoms with van der Waals surface area (Å²) in [6, 6.07) is 4.55. The molecule has 0 bridgehead atoms. The summed E-state index contributed by atoms with van der Waals surface area (Å²) in [5.41, 5.74) is 5.93. The highest BCUT2D eigenvalue weighted by molar-refractivity contribution is 7.89. The van der Waals surface area contributed by atoms with E-state index in [2.05, 4.69) is 11.6 Å². The molecule has 0 aliphatic carbocycles. The number of ether oxygens (including phenoxy) is 1. The molecule has 0 radical (unpaired) electrons. The Morgan fingerprint density at radius 1 is 1.26 bits per heavy atom. The van der Waals surface area contributed by atoms with Crippen molar-refractivity contribution in [1.82, 2.24) is 4.72 Å². The summed E-state index contributed by atoms with van der Waals surface area (Å²) in [5.74, 6) is 0.541. The molecule has 1 rings (SSSR count). The normalized spacial score (nSPS) is 11.5. The number of nitrogens with two attached hydrogens (primary N) is 1. The number of nitrogen functional groups attached to an aromatic ring is 1. The van der Waals surface area contributed by atoms with Crippen LogP contribution in [-0.2, 0) is 10.0 Å².